The minimum Gasteiger partial charge on any atom is -0.382 e. The third kappa shape index (κ3) is 15.7. The zero-order chi connectivity index (χ0) is 50.5. The Hall–Kier alpha value is -2.61. The molecular formula is C47H66Cl4F2I2N16. The van der Waals surface area contributed by atoms with Crippen LogP contribution in [0.5, 0.6) is 0 Å². The average molecular weight is 1290 g/mol. The van der Waals surface area contributed by atoms with Gasteiger partial charge in [0.05, 0.1) is 17.9 Å². The summed E-state index contributed by atoms with van der Waals surface area (Å²) in [6.45, 7) is 14.7. The Balaban J connectivity index is 0.000000252. The number of rotatable bonds is 13. The maximum absolute atomic E-state index is 14.2. The number of piperazine rings is 2. The van der Waals surface area contributed by atoms with E-state index in [1.165, 1.54) is 12.1 Å². The largest absolute Gasteiger partial charge is 0.382 e. The molecule has 6 heterocycles. The van der Waals surface area contributed by atoms with Crippen molar-refractivity contribution < 1.29 is 8.78 Å². The lowest BCUT2D eigenvalue weighted by Crippen LogP contribution is -2.58. The van der Waals surface area contributed by atoms with Gasteiger partial charge < -0.3 is 27.0 Å². The van der Waals surface area contributed by atoms with Crippen LogP contribution in [0.15, 0.2) is 41.5 Å². The molecule has 6 N–H and O–H groups in total. The van der Waals surface area contributed by atoms with Crippen LogP contribution in [-0.2, 0) is 26.2 Å². The van der Waals surface area contributed by atoms with E-state index in [-0.39, 0.29) is 43.1 Å². The molecule has 4 aromatic rings. The van der Waals surface area contributed by atoms with E-state index in [4.69, 9.17) is 69.1 Å². The number of nitrogens with zero attached hydrogens (tertiary/aromatic N) is 13. The lowest BCUT2D eigenvalue weighted by molar-refractivity contribution is 0.0607. The van der Waals surface area contributed by atoms with Crippen molar-refractivity contribution in [3.8, 4) is 0 Å². The molecule has 0 saturated carbocycles. The first kappa shape index (κ1) is 59.3. The van der Waals surface area contributed by atoms with Gasteiger partial charge >= 0.3 is 0 Å². The number of aromatic nitrogens is 4. The van der Waals surface area contributed by atoms with Gasteiger partial charge in [-0.2, -0.15) is 0 Å². The second kappa shape index (κ2) is 28.9. The molecule has 2 aromatic carbocycles. The molecule has 0 aliphatic carbocycles. The van der Waals surface area contributed by atoms with E-state index in [1.807, 2.05) is 0 Å². The smallest absolute Gasteiger partial charge is 0.172 e. The van der Waals surface area contributed by atoms with Crippen LogP contribution >= 0.6 is 83.6 Å². The number of likely N-dealkylation sites (tertiary alicyclic amines) is 2. The van der Waals surface area contributed by atoms with Crippen LogP contribution in [0.25, 0.3) is 10.4 Å². The van der Waals surface area contributed by atoms with Crippen LogP contribution in [0.4, 0.5) is 32.1 Å². The molecule has 0 radical (unpaired) electrons. The first-order chi connectivity index (χ1) is 33.8. The Bertz CT molecular complexity index is 2390. The van der Waals surface area contributed by atoms with E-state index in [0.29, 0.717) is 92.4 Å². The molecule has 0 bridgehead atoms. The maximum Gasteiger partial charge on any atom is 0.172 e. The van der Waals surface area contributed by atoms with E-state index >= 15 is 0 Å². The average Bonchev–Trinajstić information content (AvgIpc) is 3.37. The fourth-order valence-corrected chi connectivity index (χ4v) is 10.9. The molecule has 390 valence electrons. The van der Waals surface area contributed by atoms with Gasteiger partial charge in [0.15, 0.2) is 21.9 Å². The maximum atomic E-state index is 14.2. The predicted molar refractivity (Wildman–Crippen MR) is 304 cm³/mol. The van der Waals surface area contributed by atoms with E-state index in [1.54, 1.807) is 24.3 Å². The van der Waals surface area contributed by atoms with Gasteiger partial charge in [-0.1, -0.05) is 84.9 Å². The third-order valence-electron chi connectivity index (χ3n) is 13.8. The summed E-state index contributed by atoms with van der Waals surface area (Å²) >= 11 is 28.9. The molecule has 0 amide bonds. The molecule has 4 saturated heterocycles. The zero-order valence-electron chi connectivity index (χ0n) is 39.5. The molecule has 0 spiro atoms. The molecule has 0 unspecified atom stereocenters. The molecule has 71 heavy (non-hydrogen) atoms. The number of nitrogens with two attached hydrogens (primary N) is 3. The van der Waals surface area contributed by atoms with E-state index in [0.717, 1.165) is 104 Å². The minimum atomic E-state index is -0.241. The highest BCUT2D eigenvalue weighted by Gasteiger charge is 2.36. The van der Waals surface area contributed by atoms with Crippen molar-refractivity contribution in [1.29, 1.82) is 0 Å². The highest BCUT2D eigenvalue weighted by atomic mass is 128. The Morgan fingerprint density at radius 1 is 0.662 bits per heavy atom. The topological polar surface area (TPSA) is 198 Å². The second-order valence-corrected chi connectivity index (χ2v) is 19.5. The first-order valence-electron chi connectivity index (χ1n) is 23.6. The molecule has 4 aliphatic heterocycles. The summed E-state index contributed by atoms with van der Waals surface area (Å²) in [5, 5.41) is 4.99. The number of benzene rings is 2. The second-order valence-electron chi connectivity index (χ2n) is 17.9. The van der Waals surface area contributed by atoms with Gasteiger partial charge in [0.1, 0.15) is 23.3 Å². The van der Waals surface area contributed by atoms with E-state index in [9.17, 15) is 8.78 Å². The monoisotopic (exact) mass is 1290 g/mol. The highest BCUT2D eigenvalue weighted by Crippen LogP contribution is 2.32. The summed E-state index contributed by atoms with van der Waals surface area (Å²) in [5.41, 5.74) is 28.6. The van der Waals surface area contributed by atoms with Crippen molar-refractivity contribution in [2.24, 2.45) is 10.8 Å². The molecular weight excluding hydrogens is 1220 g/mol. The van der Waals surface area contributed by atoms with Gasteiger partial charge in [-0.05, 0) is 94.5 Å². The normalized spacial score (nSPS) is 19.8. The number of hydrogen-bond donors (Lipinski definition) is 3. The molecule has 8 rings (SSSR count). The van der Waals surface area contributed by atoms with Gasteiger partial charge in [-0.3, -0.25) is 19.6 Å². The van der Waals surface area contributed by atoms with Crippen molar-refractivity contribution in [2.45, 2.75) is 110 Å². The van der Waals surface area contributed by atoms with Gasteiger partial charge in [0.2, 0.25) is 0 Å². The van der Waals surface area contributed by atoms with Crippen LogP contribution in [0.1, 0.15) is 82.3 Å². The summed E-state index contributed by atoms with van der Waals surface area (Å²) < 4.78 is 28.4. The SMILES string of the molecule is C.CC[C@H]1CN(c2nc(N)c(CN)nc2Cl)CCN1C1CCN(Cc2ccc(Cl)cc2F)CC1.CC[C@H]1CN(c2nc(N)c(CN=[N+]=[N-])nc2Cl)CCN1C1CCN(Cc2ccc(Cl)cc2F)CC1.II. The summed E-state index contributed by atoms with van der Waals surface area (Å²) in [4.78, 5) is 34.6. The van der Waals surface area contributed by atoms with Crippen LogP contribution in [0, 0.1) is 11.6 Å². The van der Waals surface area contributed by atoms with E-state index in [2.05, 4.69) is 110 Å². The number of hydrogen-bond acceptors (Lipinski definition) is 14. The van der Waals surface area contributed by atoms with Gasteiger partial charge in [0, 0.05) is 146 Å². The predicted octanol–water partition coefficient (Wildman–Crippen LogP) is 10.8. The number of anilines is 4. The number of halogens is 8. The quantitative estimate of drug-likeness (QED) is 0.0495. The Morgan fingerprint density at radius 3 is 1.45 bits per heavy atom. The molecule has 16 nitrogen and oxygen atoms in total. The molecule has 4 fully saturated rings. The Morgan fingerprint density at radius 2 is 1.07 bits per heavy atom. The van der Waals surface area contributed by atoms with Crippen LogP contribution < -0.4 is 27.0 Å². The standard InChI is InChI=1S/C23H30Cl2FN9.C23H32Cl2FN7.CH4.I2/c1-2-17-14-34(23-21(25)30-20(12-29-32-28)22(27)31-23)9-10-35(17)18-5-7-33(8-6-18)13-15-3-4-16(24)11-19(15)26;1-2-17-14-32(23-21(25)29-20(12-27)22(28)30-23)9-10-33(17)18-5-7-31(8-6-18)13-15-3-4-16(24)11-19(15)26;;1-2/h3-4,11,17-18H,2,5-10,12-14H2,1H3,(H2,27,31);3-4,11,17-18H,2,5-10,12-14,27H2,1H3,(H2,28,30);1H4;/t2*17-;;/m00../s1. The molecule has 2 atom stereocenters. The lowest BCUT2D eigenvalue weighted by atomic mass is 9.98. The Kier molecular flexibility index (Phi) is 24.1. The number of piperidine rings is 2. The van der Waals surface area contributed by atoms with Gasteiger partial charge in [-0.25, -0.2) is 28.7 Å². The van der Waals surface area contributed by atoms with Crippen molar-refractivity contribution >= 4 is 107 Å². The summed E-state index contributed by atoms with van der Waals surface area (Å²) in [7, 11) is 0. The van der Waals surface area contributed by atoms with E-state index < -0.39 is 0 Å². The summed E-state index contributed by atoms with van der Waals surface area (Å²) in [6, 6.07) is 11.6. The molecule has 2 aromatic heterocycles. The Labute approximate surface area is 460 Å². The molecule has 4 aliphatic rings. The fraction of sp³-hybridized carbons (Fsp3) is 0.574. The fourth-order valence-electron chi connectivity index (χ4n) is 10.1. The lowest BCUT2D eigenvalue weighted by Gasteiger charge is -2.47. The van der Waals surface area contributed by atoms with Crippen molar-refractivity contribution in [1.82, 2.24) is 39.5 Å². The summed E-state index contributed by atoms with van der Waals surface area (Å²) in [6.07, 6.45) is 6.28. The number of nitrogen functional groups attached to an aromatic ring is 2. The highest BCUT2D eigenvalue weighted by molar-refractivity contribution is 15.0. The number of azide groups is 1. The van der Waals surface area contributed by atoms with Crippen LogP contribution in [0.2, 0.25) is 20.4 Å². The van der Waals surface area contributed by atoms with Crippen molar-refractivity contribution in [2.75, 3.05) is 86.7 Å². The van der Waals surface area contributed by atoms with Crippen LogP contribution in [0.3, 0.4) is 0 Å². The zero-order valence-corrected chi connectivity index (χ0v) is 46.8. The van der Waals surface area contributed by atoms with Gasteiger partial charge in [0.25, 0.3) is 0 Å². The molecule has 24 heteroatoms. The van der Waals surface area contributed by atoms with Crippen molar-refractivity contribution in [3.63, 3.8) is 0 Å². The van der Waals surface area contributed by atoms with Crippen molar-refractivity contribution in [3.05, 3.63) is 101 Å². The van der Waals surface area contributed by atoms with Crippen LogP contribution in [-0.4, -0.2) is 129 Å². The summed E-state index contributed by atoms with van der Waals surface area (Å²) in [5.74, 6) is 1.33. The minimum absolute atomic E-state index is 0. The third-order valence-corrected chi connectivity index (χ3v) is 14.8. The first-order valence-corrected chi connectivity index (χ1v) is 31.4. The van der Waals surface area contributed by atoms with Gasteiger partial charge in [-0.15, -0.1) is 0 Å².